The summed E-state index contributed by atoms with van der Waals surface area (Å²) in [7, 11) is -10.0. The van der Waals surface area contributed by atoms with E-state index in [1.165, 1.54) is 25.7 Å². The Balaban J connectivity index is 5.48. The van der Waals surface area contributed by atoms with Gasteiger partial charge in [0.05, 0.1) is 32.8 Å². The molecule has 5 unspecified atom stereocenters. The normalized spacial score (nSPS) is 14.9. The number of allylic oxidation sites excluding steroid dienone is 27. The summed E-state index contributed by atoms with van der Waals surface area (Å²) in [6.07, 6.45) is 86.6. The van der Waals surface area contributed by atoms with Crippen LogP contribution in [0.25, 0.3) is 0 Å². The second-order valence-corrected chi connectivity index (χ2v) is 27.7. The lowest BCUT2D eigenvalue weighted by molar-refractivity contribution is -0.161. The Bertz CT molecular complexity index is 2600. The van der Waals surface area contributed by atoms with Gasteiger partial charge in [-0.3, -0.25) is 37.3 Å². The van der Waals surface area contributed by atoms with Crippen LogP contribution in [0.4, 0.5) is 0 Å². The number of unbranched alkanes of at least 4 members (excludes halogenated alkanes) is 17. The Morgan fingerprint density at radius 1 is 0.294 bits per heavy atom. The summed E-state index contributed by atoms with van der Waals surface area (Å²) < 4.78 is 68.3. The minimum absolute atomic E-state index is 0.0726. The van der Waals surface area contributed by atoms with Crippen molar-refractivity contribution in [1.82, 2.24) is 0 Å². The number of phosphoric acid groups is 2. The zero-order valence-electron chi connectivity index (χ0n) is 63.0. The molecule has 578 valence electrons. The number of aliphatic hydroxyl groups is 1. The Hall–Kier alpha value is -5.58. The number of carbonyl (C=O) groups is 4. The lowest BCUT2D eigenvalue weighted by Crippen LogP contribution is -2.30. The molecule has 0 saturated carbocycles. The number of phosphoric ester groups is 2. The molecule has 19 heteroatoms. The van der Waals surface area contributed by atoms with Gasteiger partial charge in [0.25, 0.3) is 0 Å². The van der Waals surface area contributed by atoms with E-state index in [-0.39, 0.29) is 25.7 Å². The van der Waals surface area contributed by atoms with Gasteiger partial charge in [0, 0.05) is 19.3 Å². The molecule has 0 spiro atoms. The number of aliphatic hydroxyl groups excluding tert-OH is 1. The zero-order chi connectivity index (χ0) is 74.6. The maximum absolute atomic E-state index is 13.1. The van der Waals surface area contributed by atoms with Crippen molar-refractivity contribution in [3.63, 3.8) is 0 Å². The fourth-order valence-corrected chi connectivity index (χ4v) is 11.0. The fourth-order valence-electron chi connectivity index (χ4n) is 9.45. The lowest BCUT2D eigenvalue weighted by atomic mass is 10.1. The molecule has 0 bridgehead atoms. The molecule has 5 atom stereocenters. The molecule has 0 saturated heterocycles. The van der Waals surface area contributed by atoms with Crippen molar-refractivity contribution in [3.05, 3.63) is 170 Å². The molecule has 17 nitrogen and oxygen atoms in total. The van der Waals surface area contributed by atoms with E-state index in [9.17, 15) is 43.2 Å². The second kappa shape index (κ2) is 73.7. The Morgan fingerprint density at radius 2 is 0.549 bits per heavy atom. The van der Waals surface area contributed by atoms with Gasteiger partial charge in [-0.05, 0) is 154 Å². The van der Waals surface area contributed by atoms with Crippen LogP contribution in [0, 0.1) is 0 Å². The highest BCUT2D eigenvalue weighted by Crippen LogP contribution is 2.45. The number of ether oxygens (including phenoxy) is 4. The van der Waals surface area contributed by atoms with Crippen molar-refractivity contribution in [3.8, 4) is 0 Å². The zero-order valence-corrected chi connectivity index (χ0v) is 64.8. The highest BCUT2D eigenvalue weighted by molar-refractivity contribution is 7.47. The Kier molecular flexibility index (Phi) is 69.7. The van der Waals surface area contributed by atoms with E-state index in [4.69, 9.17) is 37.0 Å². The predicted molar refractivity (Wildman–Crippen MR) is 417 cm³/mol. The summed E-state index contributed by atoms with van der Waals surface area (Å²) in [5.74, 6) is -2.40. The Morgan fingerprint density at radius 3 is 0.892 bits per heavy atom. The van der Waals surface area contributed by atoms with Crippen molar-refractivity contribution < 1.29 is 80.2 Å². The van der Waals surface area contributed by atoms with E-state index in [0.29, 0.717) is 25.7 Å². The fraction of sp³-hybridized carbons (Fsp3) is 0.614. The van der Waals surface area contributed by atoms with Crippen molar-refractivity contribution in [2.24, 2.45) is 0 Å². The molecule has 0 aromatic carbocycles. The van der Waals surface area contributed by atoms with Crippen LogP contribution in [-0.4, -0.2) is 96.7 Å². The molecule has 0 aromatic heterocycles. The van der Waals surface area contributed by atoms with Crippen LogP contribution in [0.5, 0.6) is 0 Å². The summed E-state index contributed by atoms with van der Waals surface area (Å²) in [4.78, 5) is 72.8. The molecular formula is C83H134O17P2. The van der Waals surface area contributed by atoms with Gasteiger partial charge in [0.15, 0.2) is 12.2 Å². The van der Waals surface area contributed by atoms with Gasteiger partial charge >= 0.3 is 39.5 Å². The molecule has 0 aromatic rings. The maximum Gasteiger partial charge on any atom is 0.472 e. The van der Waals surface area contributed by atoms with E-state index >= 15 is 0 Å². The summed E-state index contributed by atoms with van der Waals surface area (Å²) >= 11 is 0. The van der Waals surface area contributed by atoms with Crippen LogP contribution in [0.2, 0.25) is 0 Å². The van der Waals surface area contributed by atoms with Gasteiger partial charge < -0.3 is 33.8 Å². The SMILES string of the molecule is CC/C=C\C/C=C\C/C=C\C/C=C\C/C=C\CCCCCC(=O)OCC(COP(=O)(O)OCC(O)COP(=O)(O)OCC(COC(=O)CCCCCCC/C=C\C/C=C\C/C=C\CC)OC(=O)CCCCCCC/C=C\CCCCCC)OC(=O)C/C=C\C/C=C\C/C=C\C/C=C\C/C=C\CC. The minimum Gasteiger partial charge on any atom is -0.462 e. The van der Waals surface area contributed by atoms with Crippen LogP contribution in [0.3, 0.4) is 0 Å². The summed E-state index contributed by atoms with van der Waals surface area (Å²) in [6, 6.07) is 0. The van der Waals surface area contributed by atoms with E-state index in [0.717, 1.165) is 167 Å². The highest BCUT2D eigenvalue weighted by atomic mass is 31.2. The van der Waals surface area contributed by atoms with Crippen LogP contribution in [0.15, 0.2) is 170 Å². The van der Waals surface area contributed by atoms with E-state index in [1.807, 2.05) is 12.2 Å². The number of carbonyl (C=O) groups excluding carboxylic acids is 4. The molecule has 0 rings (SSSR count). The molecule has 0 fully saturated rings. The lowest BCUT2D eigenvalue weighted by Gasteiger charge is -2.21. The van der Waals surface area contributed by atoms with E-state index in [2.05, 4.69) is 174 Å². The standard InChI is InChI=1S/C83H134O17P2/c1-5-9-13-17-21-25-29-33-36-37-38-39-42-45-48-52-56-60-64-68-81(86)94-74-79(100-83(88)70-66-62-58-54-50-46-41-35-31-27-23-19-15-11-7-3)76-98-102(91,92)96-72-77(84)71-95-101(89,90)97-75-78(99-82(87)69-65-61-57-53-49-43-32-28-24-20-16-12-8-4)73-93-80(85)67-63-59-55-51-47-44-40-34-30-26-22-18-14-10-6-2/h9-11,13-15,21-23,25-28,32-36,38-41,45,48,50,54,62,66,77-79,84H,5-8,12,16-20,24,29-31,37,42-44,46-47,49,51-53,55-61,63-65,67-76H2,1-4H3,(H,89,90)(H,91,92)/b13-9-,14-10-,15-11-,25-21-,26-22-,27-23-,32-28-,36-33-,39-38-,40-34-,41-35-,48-45-,54-50-,66-62-. The van der Waals surface area contributed by atoms with Gasteiger partial charge in [0.1, 0.15) is 19.3 Å². The van der Waals surface area contributed by atoms with Crippen molar-refractivity contribution in [2.45, 2.75) is 290 Å². The van der Waals surface area contributed by atoms with Crippen LogP contribution < -0.4 is 0 Å². The van der Waals surface area contributed by atoms with Crippen molar-refractivity contribution in [1.29, 1.82) is 0 Å². The first kappa shape index (κ1) is 96.4. The van der Waals surface area contributed by atoms with Gasteiger partial charge in [0.2, 0.25) is 0 Å². The topological polar surface area (TPSA) is 237 Å². The van der Waals surface area contributed by atoms with Crippen LogP contribution in [-0.2, 0) is 65.4 Å². The molecule has 0 aliphatic rings. The summed E-state index contributed by atoms with van der Waals surface area (Å²) in [5.41, 5.74) is 0. The van der Waals surface area contributed by atoms with Gasteiger partial charge in [-0.2, -0.15) is 0 Å². The maximum atomic E-state index is 13.1. The molecule has 0 heterocycles. The monoisotopic (exact) mass is 1460 g/mol. The van der Waals surface area contributed by atoms with Crippen molar-refractivity contribution in [2.75, 3.05) is 39.6 Å². The minimum atomic E-state index is -5.02. The number of esters is 4. The molecule has 3 N–H and O–H groups in total. The van der Waals surface area contributed by atoms with Crippen LogP contribution >= 0.6 is 15.6 Å². The summed E-state index contributed by atoms with van der Waals surface area (Å²) in [5, 5.41) is 10.6. The highest BCUT2D eigenvalue weighted by Gasteiger charge is 2.30. The van der Waals surface area contributed by atoms with Gasteiger partial charge in [-0.25, -0.2) is 9.13 Å². The first-order valence-corrected chi connectivity index (χ1v) is 41.4. The second-order valence-electron chi connectivity index (χ2n) is 24.8. The van der Waals surface area contributed by atoms with E-state index < -0.39 is 97.5 Å². The van der Waals surface area contributed by atoms with Crippen molar-refractivity contribution >= 4 is 39.5 Å². The quantitative estimate of drug-likeness (QED) is 0.0169. The summed E-state index contributed by atoms with van der Waals surface area (Å²) in [6.45, 7) is 4.31. The number of hydrogen-bond acceptors (Lipinski definition) is 15. The first-order valence-electron chi connectivity index (χ1n) is 38.4. The number of hydrogen-bond donors (Lipinski definition) is 3. The third-order valence-corrected chi connectivity index (χ3v) is 17.1. The average molecular weight is 1470 g/mol. The van der Waals surface area contributed by atoms with E-state index in [1.54, 1.807) is 12.2 Å². The molecule has 0 aliphatic carbocycles. The molecule has 102 heavy (non-hydrogen) atoms. The smallest absolute Gasteiger partial charge is 0.462 e. The largest absolute Gasteiger partial charge is 0.472 e. The van der Waals surface area contributed by atoms with Gasteiger partial charge in [-0.1, -0.05) is 262 Å². The van der Waals surface area contributed by atoms with Crippen LogP contribution in [0.1, 0.15) is 272 Å². The predicted octanol–water partition coefficient (Wildman–Crippen LogP) is 22.2. The average Bonchev–Trinajstić information content (AvgIpc) is 0.924. The first-order chi connectivity index (χ1) is 49.7. The molecule has 0 radical (unpaired) electrons. The molecular weight excluding hydrogens is 1330 g/mol. The van der Waals surface area contributed by atoms with Gasteiger partial charge in [-0.15, -0.1) is 0 Å². The number of rotatable bonds is 70. The third-order valence-electron chi connectivity index (χ3n) is 15.2. The molecule has 0 aliphatic heterocycles. The Labute approximate surface area is 616 Å². The third kappa shape index (κ3) is 72.8. The molecule has 0 amide bonds.